The minimum absolute atomic E-state index is 0.00351. The summed E-state index contributed by atoms with van der Waals surface area (Å²) in [5.41, 5.74) is 5.50. The van der Waals surface area contributed by atoms with Gasteiger partial charge in [0.15, 0.2) is 5.82 Å². The fraction of sp³-hybridized carbons (Fsp3) is 0.190. The summed E-state index contributed by atoms with van der Waals surface area (Å²) in [6.45, 7) is 2.27. The van der Waals surface area contributed by atoms with Crippen molar-refractivity contribution in [3.8, 4) is 11.5 Å². The lowest BCUT2D eigenvalue weighted by Crippen LogP contribution is -2.32. The Balaban J connectivity index is 1.66. The minimum atomic E-state index is -0.00351. The second-order valence-electron chi connectivity index (χ2n) is 6.48. The highest BCUT2D eigenvalue weighted by atomic mass is 32.1. The van der Waals surface area contributed by atoms with Crippen LogP contribution in [0.25, 0.3) is 22.6 Å². The molecule has 0 aliphatic carbocycles. The molecule has 1 atom stereocenters. The van der Waals surface area contributed by atoms with Gasteiger partial charge in [-0.1, -0.05) is 42.5 Å². The Morgan fingerprint density at radius 2 is 1.89 bits per heavy atom. The molecule has 0 N–H and O–H groups in total. The van der Waals surface area contributed by atoms with E-state index in [2.05, 4.69) is 4.98 Å². The van der Waals surface area contributed by atoms with E-state index in [9.17, 15) is 4.79 Å². The molecule has 0 unspecified atom stereocenters. The average molecular weight is 376 g/mol. The van der Waals surface area contributed by atoms with E-state index in [-0.39, 0.29) is 18.5 Å². The van der Waals surface area contributed by atoms with E-state index in [4.69, 9.17) is 4.98 Å². The first-order valence-corrected chi connectivity index (χ1v) is 9.74. The molecule has 0 saturated carbocycles. The van der Waals surface area contributed by atoms with Gasteiger partial charge in [0.25, 0.3) is 0 Å². The molecule has 4 rings (SSSR count). The minimum Gasteiger partial charge on any atom is -0.337 e. The second kappa shape index (κ2) is 7.32. The fourth-order valence-corrected chi connectivity index (χ4v) is 3.70. The largest absolute Gasteiger partial charge is 0.337 e. The van der Waals surface area contributed by atoms with E-state index in [1.165, 1.54) is 11.3 Å². The molecule has 5 nitrogen and oxygen atoms in total. The van der Waals surface area contributed by atoms with Crippen molar-refractivity contribution >= 4 is 28.3 Å². The fourth-order valence-electron chi connectivity index (χ4n) is 3.17. The van der Waals surface area contributed by atoms with Crippen LogP contribution in [0.5, 0.6) is 0 Å². The summed E-state index contributed by atoms with van der Waals surface area (Å²) in [5, 5.41) is 1.96. The summed E-state index contributed by atoms with van der Waals surface area (Å²) in [6.07, 6.45) is 0. The zero-order chi connectivity index (χ0) is 18.8. The molecule has 27 heavy (non-hydrogen) atoms. The number of hydrogen-bond donors (Lipinski definition) is 0. The van der Waals surface area contributed by atoms with Crippen LogP contribution in [-0.4, -0.2) is 32.4 Å². The predicted octanol–water partition coefficient (Wildman–Crippen LogP) is 4.38. The third kappa shape index (κ3) is 3.36. The van der Waals surface area contributed by atoms with E-state index < -0.39 is 0 Å². The van der Waals surface area contributed by atoms with Crippen molar-refractivity contribution in [1.82, 2.24) is 19.4 Å². The number of carbonyl (C=O) groups is 1. The van der Waals surface area contributed by atoms with Crippen molar-refractivity contribution in [2.75, 3.05) is 7.05 Å². The van der Waals surface area contributed by atoms with E-state index in [0.717, 1.165) is 28.1 Å². The Labute approximate surface area is 161 Å². The summed E-state index contributed by atoms with van der Waals surface area (Å²) in [4.78, 5) is 23.9. The molecule has 2 aromatic carbocycles. The van der Waals surface area contributed by atoms with Crippen LogP contribution in [0.1, 0.15) is 18.5 Å². The number of hydrogen-bond acceptors (Lipinski definition) is 4. The van der Waals surface area contributed by atoms with E-state index >= 15 is 0 Å². The van der Waals surface area contributed by atoms with Crippen LogP contribution in [0.4, 0.5) is 0 Å². The van der Waals surface area contributed by atoms with Crippen LogP contribution in [0.3, 0.4) is 0 Å². The number of fused-ring (bicyclic) bond motifs is 1. The van der Waals surface area contributed by atoms with Crippen molar-refractivity contribution in [1.29, 1.82) is 0 Å². The Morgan fingerprint density at radius 3 is 2.63 bits per heavy atom. The van der Waals surface area contributed by atoms with Crippen LogP contribution in [0, 0.1) is 0 Å². The van der Waals surface area contributed by atoms with Gasteiger partial charge in [-0.05, 0) is 24.6 Å². The number of carbonyl (C=O) groups excluding carboxylic acids is 1. The number of rotatable bonds is 5. The second-order valence-corrected chi connectivity index (χ2v) is 7.19. The van der Waals surface area contributed by atoms with Gasteiger partial charge in [0.05, 0.1) is 22.6 Å². The van der Waals surface area contributed by atoms with Gasteiger partial charge in [-0.15, -0.1) is 11.3 Å². The lowest BCUT2D eigenvalue weighted by Gasteiger charge is -2.26. The monoisotopic (exact) mass is 376 g/mol. The van der Waals surface area contributed by atoms with Gasteiger partial charge >= 0.3 is 0 Å². The van der Waals surface area contributed by atoms with Crippen LogP contribution in [0.2, 0.25) is 0 Å². The zero-order valence-corrected chi connectivity index (χ0v) is 16.1. The maximum atomic E-state index is 13.1. The predicted molar refractivity (Wildman–Crippen MR) is 108 cm³/mol. The molecule has 0 saturated heterocycles. The molecular weight excluding hydrogens is 356 g/mol. The smallest absolute Gasteiger partial charge is 0.242 e. The van der Waals surface area contributed by atoms with Gasteiger partial charge in [0, 0.05) is 12.4 Å². The molecule has 0 aliphatic heterocycles. The van der Waals surface area contributed by atoms with Gasteiger partial charge in [0.1, 0.15) is 12.2 Å². The number of nitrogens with zero attached hydrogens (tertiary/aromatic N) is 4. The molecular formula is C21H20N4OS. The lowest BCUT2D eigenvalue weighted by molar-refractivity contribution is -0.132. The average Bonchev–Trinajstić information content (AvgIpc) is 3.36. The molecule has 2 heterocycles. The number of imidazole rings is 1. The van der Waals surface area contributed by atoms with Crippen molar-refractivity contribution in [2.45, 2.75) is 19.5 Å². The van der Waals surface area contributed by atoms with Gasteiger partial charge < -0.3 is 9.47 Å². The Hall–Kier alpha value is -2.99. The zero-order valence-electron chi connectivity index (χ0n) is 15.2. The lowest BCUT2D eigenvalue weighted by atomic mass is 10.1. The number of likely N-dealkylation sites (N-methyl/N-ethyl adjacent to an activating group) is 1. The molecule has 4 aromatic rings. The number of benzene rings is 2. The van der Waals surface area contributed by atoms with Crippen molar-refractivity contribution in [3.63, 3.8) is 0 Å². The molecule has 0 spiro atoms. The van der Waals surface area contributed by atoms with Crippen LogP contribution >= 0.6 is 11.3 Å². The maximum absolute atomic E-state index is 13.1. The topological polar surface area (TPSA) is 51.0 Å². The Bertz CT molecular complexity index is 1060. The number of aromatic nitrogens is 3. The molecule has 0 bridgehead atoms. The van der Waals surface area contributed by atoms with Gasteiger partial charge in [-0.3, -0.25) is 4.79 Å². The van der Waals surface area contributed by atoms with Crippen molar-refractivity contribution < 1.29 is 4.79 Å². The Kier molecular flexibility index (Phi) is 4.73. The quantitative estimate of drug-likeness (QED) is 0.519. The maximum Gasteiger partial charge on any atom is 0.242 e. The number of amides is 1. The van der Waals surface area contributed by atoms with Crippen LogP contribution < -0.4 is 0 Å². The number of para-hydroxylation sites is 2. The van der Waals surface area contributed by atoms with Gasteiger partial charge in [-0.25, -0.2) is 9.97 Å². The van der Waals surface area contributed by atoms with E-state index in [1.54, 1.807) is 10.4 Å². The molecule has 6 heteroatoms. The summed E-state index contributed by atoms with van der Waals surface area (Å²) >= 11 is 1.52. The standard InChI is InChI=1S/C21H20N4OS/c1-15(16-8-4-3-5-9-16)24(2)20(26)12-25-19-11-7-6-10-17(19)23-21(25)18-13-27-14-22-18/h3-11,13-15H,12H2,1-2H3/t15-/m1/s1. The van der Waals surface area contributed by atoms with E-state index in [1.807, 2.05) is 78.5 Å². The summed E-state index contributed by atoms with van der Waals surface area (Å²) in [7, 11) is 1.85. The first-order chi connectivity index (χ1) is 13.1. The highest BCUT2D eigenvalue weighted by Crippen LogP contribution is 2.26. The summed E-state index contributed by atoms with van der Waals surface area (Å²) in [5.74, 6) is 0.762. The van der Waals surface area contributed by atoms with E-state index in [0.29, 0.717) is 0 Å². The third-order valence-corrected chi connectivity index (χ3v) is 5.45. The molecule has 2 aromatic heterocycles. The number of thiazole rings is 1. The molecule has 0 radical (unpaired) electrons. The SMILES string of the molecule is C[C@H](c1ccccc1)N(C)C(=O)Cn1c(-c2cscn2)nc2ccccc21. The first-order valence-electron chi connectivity index (χ1n) is 8.79. The summed E-state index contributed by atoms with van der Waals surface area (Å²) < 4.78 is 1.96. The third-order valence-electron chi connectivity index (χ3n) is 4.87. The Morgan fingerprint density at radius 1 is 1.15 bits per heavy atom. The van der Waals surface area contributed by atoms with Crippen molar-refractivity contribution in [3.05, 3.63) is 71.1 Å². The molecule has 136 valence electrons. The molecule has 0 aliphatic rings. The first kappa shape index (κ1) is 17.4. The van der Waals surface area contributed by atoms with Crippen LogP contribution in [0.15, 0.2) is 65.5 Å². The highest BCUT2D eigenvalue weighted by molar-refractivity contribution is 7.07. The van der Waals surface area contributed by atoms with Gasteiger partial charge in [0.2, 0.25) is 5.91 Å². The molecule has 1 amide bonds. The van der Waals surface area contributed by atoms with Crippen LogP contribution in [-0.2, 0) is 11.3 Å². The normalized spacial score (nSPS) is 12.2. The van der Waals surface area contributed by atoms with Gasteiger partial charge in [-0.2, -0.15) is 0 Å². The summed E-state index contributed by atoms with van der Waals surface area (Å²) in [6, 6.07) is 17.9. The van der Waals surface area contributed by atoms with Crippen molar-refractivity contribution in [2.24, 2.45) is 0 Å². The molecule has 0 fully saturated rings. The highest BCUT2D eigenvalue weighted by Gasteiger charge is 2.21.